The van der Waals surface area contributed by atoms with Gasteiger partial charge in [0.1, 0.15) is 11.6 Å². The van der Waals surface area contributed by atoms with Crippen molar-refractivity contribution in [2.24, 2.45) is 5.92 Å². The highest BCUT2D eigenvalue weighted by atomic mass is 19.4. The number of hydrogen-bond acceptors (Lipinski definition) is 3. The average molecular weight is 424 g/mol. The fourth-order valence-corrected chi connectivity index (χ4v) is 4.53. The Morgan fingerprint density at radius 3 is 2.83 bits per heavy atom. The quantitative estimate of drug-likeness (QED) is 0.755. The number of nitrogens with zero attached hydrogens (tertiary/aromatic N) is 3. The second-order valence-corrected chi connectivity index (χ2v) is 8.21. The average Bonchev–Trinajstić information content (AvgIpc) is 3.06. The number of aromatic nitrogens is 2. The van der Waals surface area contributed by atoms with Crippen molar-refractivity contribution < 1.29 is 22.4 Å². The Balaban J connectivity index is 1.47. The van der Waals surface area contributed by atoms with Crippen molar-refractivity contribution in [2.45, 2.75) is 50.9 Å². The van der Waals surface area contributed by atoms with E-state index in [1.54, 1.807) is 30.0 Å². The summed E-state index contributed by atoms with van der Waals surface area (Å²) in [6.07, 6.45) is -2.95. The maximum atomic E-state index is 13.7. The number of benzene rings is 1. The summed E-state index contributed by atoms with van der Waals surface area (Å²) in [4.78, 5) is 14.4. The minimum absolute atomic E-state index is 0.0831. The molecule has 30 heavy (non-hydrogen) atoms. The summed E-state index contributed by atoms with van der Waals surface area (Å²) in [5.74, 6) is -0.249. The first kappa shape index (κ1) is 20.7. The summed E-state index contributed by atoms with van der Waals surface area (Å²) >= 11 is 0. The molecule has 1 amide bonds. The third kappa shape index (κ3) is 4.29. The number of alkyl halides is 3. The second-order valence-electron chi connectivity index (χ2n) is 8.21. The van der Waals surface area contributed by atoms with Crippen molar-refractivity contribution in [3.05, 3.63) is 47.4 Å². The van der Waals surface area contributed by atoms with Gasteiger partial charge >= 0.3 is 6.18 Å². The summed E-state index contributed by atoms with van der Waals surface area (Å²) < 4.78 is 55.4. The lowest BCUT2D eigenvalue weighted by molar-refractivity contribution is -0.175. The van der Waals surface area contributed by atoms with E-state index in [2.05, 4.69) is 10.4 Å². The highest BCUT2D eigenvalue weighted by Crippen LogP contribution is 2.42. The third-order valence-electron chi connectivity index (χ3n) is 5.97. The van der Waals surface area contributed by atoms with Gasteiger partial charge in [-0.2, -0.15) is 18.3 Å². The Hall–Kier alpha value is -2.58. The minimum atomic E-state index is -4.39. The van der Waals surface area contributed by atoms with Gasteiger partial charge in [-0.3, -0.25) is 4.79 Å². The molecule has 3 atom stereocenters. The van der Waals surface area contributed by atoms with E-state index in [1.807, 2.05) is 0 Å². The van der Waals surface area contributed by atoms with Gasteiger partial charge in [0, 0.05) is 25.2 Å². The first-order valence-corrected chi connectivity index (χ1v) is 10.1. The van der Waals surface area contributed by atoms with Gasteiger partial charge in [-0.1, -0.05) is 12.1 Å². The van der Waals surface area contributed by atoms with E-state index in [0.717, 1.165) is 17.5 Å². The van der Waals surface area contributed by atoms with Crippen LogP contribution in [0.25, 0.3) is 0 Å². The van der Waals surface area contributed by atoms with Gasteiger partial charge in [-0.25, -0.2) is 9.07 Å². The number of carbonyl (C=O) groups excluding carboxylic acids is 1. The van der Waals surface area contributed by atoms with Crippen LogP contribution in [-0.2, 0) is 11.2 Å². The smallest absolute Gasteiger partial charge is 0.367 e. The Labute approximate surface area is 172 Å². The molecule has 4 rings (SSSR count). The molecular formula is C21H24F4N4O. The SMILES string of the molecule is Cc1cc2n(n1)[C@@H](C(F)(F)F)C[C@@H](C1CCCN(C(=O)Cc3cccc(F)c3)C1)N2. The molecule has 1 fully saturated rings. The molecule has 0 radical (unpaired) electrons. The first-order valence-electron chi connectivity index (χ1n) is 10.1. The maximum Gasteiger partial charge on any atom is 0.410 e. The third-order valence-corrected chi connectivity index (χ3v) is 5.97. The van der Waals surface area contributed by atoms with Crippen LogP contribution in [0.1, 0.15) is 36.6 Å². The van der Waals surface area contributed by atoms with Gasteiger partial charge in [0.25, 0.3) is 0 Å². The summed E-state index contributed by atoms with van der Waals surface area (Å²) in [6.45, 7) is 2.63. The van der Waals surface area contributed by atoms with Gasteiger partial charge in [0.15, 0.2) is 6.04 Å². The molecule has 162 valence electrons. The monoisotopic (exact) mass is 424 g/mol. The van der Waals surface area contributed by atoms with Gasteiger partial charge in [0.2, 0.25) is 5.91 Å². The molecule has 0 bridgehead atoms. The normalized spacial score (nSPS) is 24.3. The molecule has 0 saturated carbocycles. The van der Waals surface area contributed by atoms with E-state index in [-0.39, 0.29) is 24.7 Å². The molecule has 1 aromatic carbocycles. The fourth-order valence-electron chi connectivity index (χ4n) is 4.53. The number of nitrogens with one attached hydrogen (secondary N) is 1. The van der Waals surface area contributed by atoms with Gasteiger partial charge in [0.05, 0.1) is 12.1 Å². The standard InChI is InChI=1S/C21H24F4N4O/c1-13-8-19-26-17(11-18(21(23,24)25)29(19)27-13)15-5-3-7-28(12-15)20(30)10-14-4-2-6-16(22)9-14/h2,4,6,8-9,15,17-18,26H,3,5,7,10-12H2,1H3/t15?,17-,18+/m0/s1. The van der Waals surface area contributed by atoms with E-state index in [9.17, 15) is 22.4 Å². The minimum Gasteiger partial charge on any atom is -0.367 e. The Morgan fingerprint density at radius 1 is 1.30 bits per heavy atom. The molecule has 1 unspecified atom stereocenters. The summed E-state index contributed by atoms with van der Waals surface area (Å²) in [5.41, 5.74) is 1.12. The summed E-state index contributed by atoms with van der Waals surface area (Å²) in [5, 5.41) is 7.23. The number of halogens is 4. The number of rotatable bonds is 3. The van der Waals surface area contributed by atoms with E-state index in [0.29, 0.717) is 30.2 Å². The second kappa shape index (κ2) is 7.92. The van der Waals surface area contributed by atoms with Crippen LogP contribution in [-0.4, -0.2) is 45.9 Å². The van der Waals surface area contributed by atoms with Crippen LogP contribution < -0.4 is 5.32 Å². The van der Waals surface area contributed by atoms with Crippen LogP contribution in [0.3, 0.4) is 0 Å². The Morgan fingerprint density at radius 2 is 2.10 bits per heavy atom. The zero-order chi connectivity index (χ0) is 21.5. The van der Waals surface area contributed by atoms with Crippen molar-refractivity contribution >= 4 is 11.7 Å². The number of piperidine rings is 1. The van der Waals surface area contributed by atoms with Gasteiger partial charge in [-0.05, 0) is 49.8 Å². The van der Waals surface area contributed by atoms with Crippen LogP contribution in [0, 0.1) is 18.7 Å². The van der Waals surface area contributed by atoms with Gasteiger partial charge in [-0.15, -0.1) is 0 Å². The maximum absolute atomic E-state index is 13.7. The predicted octanol–water partition coefficient (Wildman–Crippen LogP) is 4.10. The number of amides is 1. The zero-order valence-corrected chi connectivity index (χ0v) is 16.6. The molecule has 2 aromatic rings. The molecule has 9 heteroatoms. The molecule has 0 spiro atoms. The molecule has 1 N–H and O–H groups in total. The topological polar surface area (TPSA) is 50.2 Å². The van der Waals surface area contributed by atoms with Crippen molar-refractivity contribution in [3.63, 3.8) is 0 Å². The first-order chi connectivity index (χ1) is 14.2. The molecule has 2 aliphatic rings. The lowest BCUT2D eigenvalue weighted by Gasteiger charge is -2.41. The van der Waals surface area contributed by atoms with E-state index in [1.165, 1.54) is 12.1 Å². The van der Waals surface area contributed by atoms with E-state index in [4.69, 9.17) is 0 Å². The summed E-state index contributed by atoms with van der Waals surface area (Å²) in [6, 6.07) is 5.47. The highest BCUT2D eigenvalue weighted by molar-refractivity contribution is 5.78. The van der Waals surface area contributed by atoms with Crippen LogP contribution in [0.2, 0.25) is 0 Å². The lowest BCUT2D eigenvalue weighted by atomic mass is 9.85. The summed E-state index contributed by atoms with van der Waals surface area (Å²) in [7, 11) is 0. The number of fused-ring (bicyclic) bond motifs is 1. The molecule has 1 saturated heterocycles. The molecular weight excluding hydrogens is 400 g/mol. The van der Waals surface area contributed by atoms with Crippen LogP contribution in [0.5, 0.6) is 0 Å². The number of hydrogen-bond donors (Lipinski definition) is 1. The molecule has 1 aromatic heterocycles. The Kier molecular flexibility index (Phi) is 5.46. The highest BCUT2D eigenvalue weighted by Gasteiger charge is 2.47. The molecule has 3 heterocycles. The van der Waals surface area contributed by atoms with E-state index < -0.39 is 24.1 Å². The zero-order valence-electron chi connectivity index (χ0n) is 16.6. The van der Waals surface area contributed by atoms with E-state index >= 15 is 0 Å². The number of aryl methyl sites for hydroxylation is 1. The van der Waals surface area contributed by atoms with Crippen molar-refractivity contribution in [3.8, 4) is 0 Å². The van der Waals surface area contributed by atoms with Crippen molar-refractivity contribution in [2.75, 3.05) is 18.4 Å². The fraction of sp³-hybridized carbons (Fsp3) is 0.524. The lowest BCUT2D eigenvalue weighted by Crippen LogP contribution is -2.49. The number of carbonyl (C=O) groups is 1. The molecule has 2 aliphatic heterocycles. The number of likely N-dealkylation sites (tertiary alicyclic amines) is 1. The molecule has 5 nitrogen and oxygen atoms in total. The predicted molar refractivity (Wildman–Crippen MR) is 103 cm³/mol. The van der Waals surface area contributed by atoms with Crippen LogP contribution in [0.15, 0.2) is 30.3 Å². The van der Waals surface area contributed by atoms with Crippen molar-refractivity contribution in [1.29, 1.82) is 0 Å². The Bertz CT molecular complexity index is 926. The number of anilines is 1. The van der Waals surface area contributed by atoms with Crippen molar-refractivity contribution in [1.82, 2.24) is 14.7 Å². The largest absolute Gasteiger partial charge is 0.410 e. The van der Waals surface area contributed by atoms with Crippen LogP contribution in [0.4, 0.5) is 23.4 Å². The van der Waals surface area contributed by atoms with Gasteiger partial charge < -0.3 is 10.2 Å². The molecule has 0 aliphatic carbocycles. The van der Waals surface area contributed by atoms with Crippen LogP contribution >= 0.6 is 0 Å².